The fraction of sp³-hybridized carbons (Fsp3) is 0.167. The number of nitrogens with zero attached hydrogens (tertiary/aromatic N) is 3. The van der Waals surface area contributed by atoms with E-state index in [1.54, 1.807) is 36.5 Å². The summed E-state index contributed by atoms with van der Waals surface area (Å²) in [5.74, 6) is 0.370. The van der Waals surface area contributed by atoms with Crippen molar-refractivity contribution in [3.63, 3.8) is 0 Å². The molecule has 1 unspecified atom stereocenters. The molecule has 24 heavy (non-hydrogen) atoms. The van der Waals surface area contributed by atoms with Crippen LogP contribution in [0.4, 0.5) is 5.82 Å². The number of aromatic nitrogens is 3. The lowest BCUT2D eigenvalue weighted by Gasteiger charge is -2.23. The van der Waals surface area contributed by atoms with Gasteiger partial charge in [-0.1, -0.05) is 0 Å². The van der Waals surface area contributed by atoms with Gasteiger partial charge >= 0.3 is 0 Å². The lowest BCUT2D eigenvalue weighted by Crippen LogP contribution is -2.27. The van der Waals surface area contributed by atoms with E-state index in [-0.39, 0.29) is 11.9 Å². The van der Waals surface area contributed by atoms with Gasteiger partial charge in [-0.2, -0.15) is 0 Å². The molecule has 0 aliphatic rings. The molecule has 6 nitrogen and oxygen atoms in total. The SMILES string of the molecule is CC(c1c[nH]c2ccncc12)N(C)C(=O)C=Cc1ccc(N)nc1. The molecule has 0 radical (unpaired) electrons. The fourth-order valence-corrected chi connectivity index (χ4v) is 2.53. The van der Waals surface area contributed by atoms with Crippen LogP contribution < -0.4 is 5.73 Å². The second-order valence-electron chi connectivity index (χ2n) is 5.64. The van der Waals surface area contributed by atoms with Crippen molar-refractivity contribution in [1.82, 2.24) is 19.9 Å². The standard InChI is InChI=1S/C18H19N5O/c1-12(14-11-21-16-7-8-20-10-15(14)16)23(2)18(24)6-4-13-3-5-17(19)22-9-13/h3-12,21H,1-2H3,(H2,19,22). The van der Waals surface area contributed by atoms with Gasteiger partial charge in [0.05, 0.1) is 6.04 Å². The summed E-state index contributed by atoms with van der Waals surface area (Å²) < 4.78 is 0. The zero-order valence-electron chi connectivity index (χ0n) is 13.6. The predicted molar refractivity (Wildman–Crippen MR) is 95.0 cm³/mol. The number of hydrogen-bond donors (Lipinski definition) is 2. The molecule has 6 heteroatoms. The summed E-state index contributed by atoms with van der Waals surface area (Å²) >= 11 is 0. The number of carbonyl (C=O) groups excluding carboxylic acids is 1. The Labute approximate surface area is 140 Å². The van der Waals surface area contributed by atoms with Crippen molar-refractivity contribution in [2.75, 3.05) is 12.8 Å². The van der Waals surface area contributed by atoms with Crippen LogP contribution in [-0.4, -0.2) is 32.8 Å². The molecule has 122 valence electrons. The van der Waals surface area contributed by atoms with Crippen LogP contribution in [0.15, 0.2) is 49.1 Å². The van der Waals surface area contributed by atoms with Crippen LogP contribution in [0.25, 0.3) is 17.0 Å². The molecule has 0 saturated carbocycles. The number of hydrogen-bond acceptors (Lipinski definition) is 4. The van der Waals surface area contributed by atoms with Gasteiger partial charge in [0.15, 0.2) is 0 Å². The molecule has 0 aromatic carbocycles. The van der Waals surface area contributed by atoms with Gasteiger partial charge in [-0.25, -0.2) is 4.98 Å². The molecule has 0 fully saturated rings. The summed E-state index contributed by atoms with van der Waals surface area (Å²) in [4.78, 5) is 25.5. The summed E-state index contributed by atoms with van der Waals surface area (Å²) in [5, 5.41) is 1.02. The molecule has 3 rings (SSSR count). The Bertz CT molecular complexity index is 882. The topological polar surface area (TPSA) is 87.9 Å². The first-order valence-electron chi connectivity index (χ1n) is 7.63. The number of pyridine rings is 2. The van der Waals surface area contributed by atoms with Gasteiger partial charge in [0.25, 0.3) is 0 Å². The van der Waals surface area contributed by atoms with Crippen molar-refractivity contribution in [1.29, 1.82) is 0 Å². The number of carbonyl (C=O) groups is 1. The Morgan fingerprint density at radius 2 is 2.17 bits per heavy atom. The number of fused-ring (bicyclic) bond motifs is 1. The largest absolute Gasteiger partial charge is 0.384 e. The number of amides is 1. The van der Waals surface area contributed by atoms with Crippen LogP contribution in [0, 0.1) is 0 Å². The molecule has 1 amide bonds. The van der Waals surface area contributed by atoms with E-state index in [2.05, 4.69) is 15.0 Å². The summed E-state index contributed by atoms with van der Waals surface area (Å²) in [5.41, 5.74) is 8.43. The number of nitrogens with one attached hydrogen (secondary N) is 1. The summed E-state index contributed by atoms with van der Waals surface area (Å²) in [7, 11) is 1.79. The third-order valence-electron chi connectivity index (χ3n) is 4.12. The van der Waals surface area contributed by atoms with E-state index in [4.69, 9.17) is 5.73 Å². The van der Waals surface area contributed by atoms with E-state index in [0.717, 1.165) is 22.0 Å². The van der Waals surface area contributed by atoms with E-state index in [0.29, 0.717) is 5.82 Å². The third-order valence-corrected chi connectivity index (χ3v) is 4.12. The van der Waals surface area contributed by atoms with Gasteiger partial charge in [0.2, 0.25) is 5.91 Å². The van der Waals surface area contributed by atoms with Gasteiger partial charge in [-0.15, -0.1) is 0 Å². The van der Waals surface area contributed by atoms with Crippen molar-refractivity contribution < 1.29 is 4.79 Å². The Kier molecular flexibility index (Phi) is 4.29. The zero-order chi connectivity index (χ0) is 17.1. The smallest absolute Gasteiger partial charge is 0.246 e. The maximum Gasteiger partial charge on any atom is 0.246 e. The van der Waals surface area contributed by atoms with Crippen molar-refractivity contribution >= 4 is 28.7 Å². The number of likely N-dealkylation sites (N-methyl/N-ethyl adjacent to an activating group) is 1. The molecule has 3 aromatic rings. The number of nitrogens with two attached hydrogens (primary N) is 1. The number of aromatic amines is 1. The van der Waals surface area contributed by atoms with E-state index in [1.807, 2.05) is 31.5 Å². The molecule has 1 atom stereocenters. The maximum atomic E-state index is 12.4. The number of H-pyrrole nitrogens is 1. The average Bonchev–Trinajstić information content (AvgIpc) is 3.03. The first-order valence-corrected chi connectivity index (χ1v) is 7.63. The number of anilines is 1. The molecule has 3 heterocycles. The van der Waals surface area contributed by atoms with E-state index >= 15 is 0 Å². The molecule has 0 saturated heterocycles. The number of rotatable bonds is 4. The monoisotopic (exact) mass is 321 g/mol. The Balaban J connectivity index is 1.76. The van der Waals surface area contributed by atoms with Crippen molar-refractivity contribution in [3.05, 3.63) is 60.2 Å². The second-order valence-corrected chi connectivity index (χ2v) is 5.64. The average molecular weight is 321 g/mol. The van der Waals surface area contributed by atoms with Crippen LogP contribution in [0.1, 0.15) is 24.1 Å². The lowest BCUT2D eigenvalue weighted by molar-refractivity contribution is -0.126. The van der Waals surface area contributed by atoms with Gasteiger partial charge in [-0.3, -0.25) is 9.78 Å². The van der Waals surface area contributed by atoms with Gasteiger partial charge in [0, 0.05) is 54.4 Å². The van der Waals surface area contributed by atoms with Crippen LogP contribution in [0.2, 0.25) is 0 Å². The molecule has 0 bridgehead atoms. The molecule has 0 spiro atoms. The van der Waals surface area contributed by atoms with E-state index in [1.165, 1.54) is 6.08 Å². The summed E-state index contributed by atoms with van der Waals surface area (Å²) in [6.45, 7) is 1.99. The van der Waals surface area contributed by atoms with Crippen LogP contribution in [-0.2, 0) is 4.79 Å². The Hall–Kier alpha value is -3.15. The molecule has 3 aromatic heterocycles. The van der Waals surface area contributed by atoms with Crippen LogP contribution in [0.5, 0.6) is 0 Å². The number of nitrogen functional groups attached to an aromatic ring is 1. The Morgan fingerprint density at radius 1 is 1.33 bits per heavy atom. The highest BCUT2D eigenvalue weighted by molar-refractivity contribution is 5.92. The molecular formula is C18H19N5O. The lowest BCUT2D eigenvalue weighted by atomic mass is 10.1. The molecular weight excluding hydrogens is 302 g/mol. The van der Waals surface area contributed by atoms with Crippen LogP contribution >= 0.6 is 0 Å². The fourth-order valence-electron chi connectivity index (χ4n) is 2.53. The third kappa shape index (κ3) is 3.12. The normalized spacial score (nSPS) is 12.6. The first kappa shape index (κ1) is 15.7. The molecule has 3 N–H and O–H groups in total. The second kappa shape index (κ2) is 6.54. The highest BCUT2D eigenvalue weighted by atomic mass is 16.2. The predicted octanol–water partition coefficient (Wildman–Crippen LogP) is 2.77. The minimum Gasteiger partial charge on any atom is -0.384 e. The highest BCUT2D eigenvalue weighted by Crippen LogP contribution is 2.26. The molecule has 0 aliphatic carbocycles. The minimum atomic E-state index is -0.0856. The van der Waals surface area contributed by atoms with Crippen molar-refractivity contribution in [3.8, 4) is 0 Å². The van der Waals surface area contributed by atoms with Gasteiger partial charge in [0.1, 0.15) is 5.82 Å². The quantitative estimate of drug-likeness (QED) is 0.723. The zero-order valence-corrected chi connectivity index (χ0v) is 13.6. The van der Waals surface area contributed by atoms with E-state index in [9.17, 15) is 4.79 Å². The molecule has 0 aliphatic heterocycles. The van der Waals surface area contributed by atoms with Gasteiger partial charge in [-0.05, 0) is 36.8 Å². The Morgan fingerprint density at radius 3 is 2.92 bits per heavy atom. The van der Waals surface area contributed by atoms with Crippen LogP contribution in [0.3, 0.4) is 0 Å². The summed E-state index contributed by atoms with van der Waals surface area (Å²) in [6.07, 6.45) is 10.4. The summed E-state index contributed by atoms with van der Waals surface area (Å²) in [6, 6.07) is 5.36. The minimum absolute atomic E-state index is 0.0790. The first-order chi connectivity index (χ1) is 11.6. The highest BCUT2D eigenvalue weighted by Gasteiger charge is 2.18. The van der Waals surface area contributed by atoms with Gasteiger partial charge < -0.3 is 15.6 Å². The van der Waals surface area contributed by atoms with E-state index < -0.39 is 0 Å². The van der Waals surface area contributed by atoms with Crippen molar-refractivity contribution in [2.45, 2.75) is 13.0 Å². The van der Waals surface area contributed by atoms with Crippen molar-refractivity contribution in [2.24, 2.45) is 0 Å². The maximum absolute atomic E-state index is 12.4.